The molecule has 0 aliphatic rings. The molecule has 0 heterocycles. The van der Waals surface area contributed by atoms with Gasteiger partial charge in [0.15, 0.2) is 12.4 Å². The summed E-state index contributed by atoms with van der Waals surface area (Å²) in [5, 5.41) is 0.592. The van der Waals surface area contributed by atoms with E-state index in [4.69, 9.17) is 32.7 Å². The lowest BCUT2D eigenvalue weighted by Crippen LogP contribution is -1.99. The third-order valence-electron chi connectivity index (χ3n) is 1.48. The van der Waals surface area contributed by atoms with Crippen molar-refractivity contribution >= 4 is 29.5 Å². The van der Waals surface area contributed by atoms with E-state index in [1.165, 1.54) is 7.11 Å². The number of hydrogen-bond donors (Lipinski definition) is 0. The highest BCUT2D eigenvalue weighted by Crippen LogP contribution is 2.36. The molecule has 0 fully saturated rings. The van der Waals surface area contributed by atoms with Crippen LogP contribution in [-0.2, 0) is 4.79 Å². The van der Waals surface area contributed by atoms with Gasteiger partial charge in [0.05, 0.1) is 17.2 Å². The van der Waals surface area contributed by atoms with Crippen molar-refractivity contribution < 1.29 is 14.3 Å². The fourth-order valence-corrected chi connectivity index (χ4v) is 1.47. The third-order valence-corrected chi connectivity index (χ3v) is 2.04. The largest absolute Gasteiger partial charge is 0.497 e. The SMILES string of the molecule is COc1cc(Cl)c(OC[C]=O)c(Cl)c1. The summed E-state index contributed by atoms with van der Waals surface area (Å²) < 4.78 is 9.91. The normalized spacial score (nSPS) is 9.64. The predicted molar refractivity (Wildman–Crippen MR) is 54.2 cm³/mol. The van der Waals surface area contributed by atoms with E-state index in [0.717, 1.165) is 0 Å². The second-order valence-electron chi connectivity index (χ2n) is 2.35. The summed E-state index contributed by atoms with van der Waals surface area (Å²) in [6.45, 7) is -0.203. The molecule has 1 rings (SSSR count). The van der Waals surface area contributed by atoms with E-state index in [0.29, 0.717) is 15.8 Å². The summed E-state index contributed by atoms with van der Waals surface area (Å²) >= 11 is 11.7. The highest BCUT2D eigenvalue weighted by Gasteiger charge is 2.09. The highest BCUT2D eigenvalue weighted by atomic mass is 35.5. The number of benzene rings is 1. The van der Waals surface area contributed by atoms with Gasteiger partial charge in [0.1, 0.15) is 5.75 Å². The number of carbonyl (C=O) groups excluding carboxylic acids is 1. The van der Waals surface area contributed by atoms with Gasteiger partial charge >= 0.3 is 0 Å². The second-order valence-corrected chi connectivity index (χ2v) is 3.17. The van der Waals surface area contributed by atoms with Crippen molar-refractivity contribution in [3.8, 4) is 11.5 Å². The lowest BCUT2D eigenvalue weighted by molar-refractivity contribution is 0.363. The Morgan fingerprint density at radius 2 is 1.93 bits per heavy atom. The van der Waals surface area contributed by atoms with Crippen LogP contribution in [0, 0.1) is 0 Å². The molecule has 5 heteroatoms. The van der Waals surface area contributed by atoms with E-state index in [1.54, 1.807) is 18.4 Å². The van der Waals surface area contributed by atoms with Crippen LogP contribution in [0.15, 0.2) is 12.1 Å². The number of methoxy groups -OCH3 is 1. The van der Waals surface area contributed by atoms with Crippen molar-refractivity contribution in [3.63, 3.8) is 0 Å². The van der Waals surface area contributed by atoms with Crippen LogP contribution >= 0.6 is 23.2 Å². The maximum absolute atomic E-state index is 9.96. The summed E-state index contributed by atoms with van der Waals surface area (Å²) in [6, 6.07) is 3.10. The molecule has 0 aliphatic heterocycles. The summed E-state index contributed by atoms with van der Waals surface area (Å²) in [7, 11) is 1.50. The minimum atomic E-state index is -0.203. The fourth-order valence-electron chi connectivity index (χ4n) is 0.894. The monoisotopic (exact) mass is 233 g/mol. The number of halogens is 2. The van der Waals surface area contributed by atoms with Gasteiger partial charge in [0.25, 0.3) is 0 Å². The molecule has 0 saturated carbocycles. The first-order chi connectivity index (χ1) is 6.69. The standard InChI is InChI=1S/C9H7Cl2O3/c1-13-6-4-7(10)9(8(11)5-6)14-3-2-12/h4-5H,3H2,1H3. The molecule has 0 atom stereocenters. The van der Waals surface area contributed by atoms with Gasteiger partial charge in [0.2, 0.25) is 6.29 Å². The summed E-state index contributed by atoms with van der Waals surface area (Å²) in [4.78, 5) is 9.96. The van der Waals surface area contributed by atoms with E-state index >= 15 is 0 Å². The lowest BCUT2D eigenvalue weighted by atomic mass is 10.3. The molecule has 0 unspecified atom stereocenters. The van der Waals surface area contributed by atoms with Crippen molar-refractivity contribution in [1.29, 1.82) is 0 Å². The Morgan fingerprint density at radius 1 is 1.36 bits per heavy atom. The average molecular weight is 234 g/mol. The fraction of sp³-hybridized carbons (Fsp3) is 0.222. The molecule has 14 heavy (non-hydrogen) atoms. The van der Waals surface area contributed by atoms with E-state index in [2.05, 4.69) is 0 Å². The van der Waals surface area contributed by atoms with Crippen LogP contribution in [-0.4, -0.2) is 20.0 Å². The molecule has 1 aromatic carbocycles. The zero-order valence-electron chi connectivity index (χ0n) is 7.34. The van der Waals surface area contributed by atoms with Crippen LogP contribution < -0.4 is 9.47 Å². The van der Waals surface area contributed by atoms with Crippen LogP contribution in [0.3, 0.4) is 0 Å². The van der Waals surface area contributed by atoms with Gasteiger partial charge in [0, 0.05) is 12.1 Å². The summed E-state index contributed by atoms with van der Waals surface area (Å²) in [6.07, 6.45) is 1.58. The van der Waals surface area contributed by atoms with Gasteiger partial charge in [-0.15, -0.1) is 0 Å². The molecule has 0 amide bonds. The maximum Gasteiger partial charge on any atom is 0.239 e. The molecular weight excluding hydrogens is 227 g/mol. The van der Waals surface area contributed by atoms with Crippen molar-refractivity contribution in [1.82, 2.24) is 0 Å². The Kier molecular flexibility index (Phi) is 4.04. The van der Waals surface area contributed by atoms with Crippen LogP contribution in [0.1, 0.15) is 0 Å². The smallest absolute Gasteiger partial charge is 0.239 e. The molecular formula is C9H7Cl2O3. The molecule has 3 nitrogen and oxygen atoms in total. The van der Waals surface area contributed by atoms with Gasteiger partial charge in [-0.3, -0.25) is 4.79 Å². The Bertz CT molecular complexity index is 316. The molecule has 0 bridgehead atoms. The van der Waals surface area contributed by atoms with Crippen LogP contribution in [0.4, 0.5) is 0 Å². The van der Waals surface area contributed by atoms with Crippen LogP contribution in [0.2, 0.25) is 10.0 Å². The van der Waals surface area contributed by atoms with Gasteiger partial charge in [-0.25, -0.2) is 0 Å². The first kappa shape index (κ1) is 11.1. The number of hydrogen-bond acceptors (Lipinski definition) is 3. The quantitative estimate of drug-likeness (QED) is 0.802. The summed E-state index contributed by atoms with van der Waals surface area (Å²) in [5.41, 5.74) is 0. The first-order valence-electron chi connectivity index (χ1n) is 3.70. The Labute approximate surface area is 91.5 Å². The number of ether oxygens (including phenoxy) is 2. The molecule has 1 radical (unpaired) electrons. The second kappa shape index (κ2) is 5.08. The molecule has 0 N–H and O–H groups in total. The third kappa shape index (κ3) is 2.53. The van der Waals surface area contributed by atoms with Gasteiger partial charge in [-0.2, -0.15) is 0 Å². The minimum absolute atomic E-state index is 0.203. The summed E-state index contributed by atoms with van der Waals surface area (Å²) in [5.74, 6) is 0.792. The molecule has 1 aromatic rings. The van der Waals surface area contributed by atoms with Gasteiger partial charge in [-0.05, 0) is 0 Å². The minimum Gasteiger partial charge on any atom is -0.497 e. The van der Waals surface area contributed by atoms with E-state index in [-0.39, 0.29) is 12.4 Å². The molecule has 0 aliphatic carbocycles. The van der Waals surface area contributed by atoms with E-state index < -0.39 is 0 Å². The molecule has 0 aromatic heterocycles. The van der Waals surface area contributed by atoms with Crippen molar-refractivity contribution in [2.45, 2.75) is 0 Å². The Balaban J connectivity index is 2.98. The average Bonchev–Trinajstić information content (AvgIpc) is 2.16. The zero-order chi connectivity index (χ0) is 10.6. The van der Waals surface area contributed by atoms with Gasteiger partial charge < -0.3 is 9.47 Å². The van der Waals surface area contributed by atoms with Crippen molar-refractivity contribution in [3.05, 3.63) is 22.2 Å². The molecule has 0 spiro atoms. The van der Waals surface area contributed by atoms with Crippen LogP contribution in [0.5, 0.6) is 11.5 Å². The maximum atomic E-state index is 9.96. The first-order valence-corrected chi connectivity index (χ1v) is 4.45. The van der Waals surface area contributed by atoms with Crippen molar-refractivity contribution in [2.75, 3.05) is 13.7 Å². The highest BCUT2D eigenvalue weighted by molar-refractivity contribution is 6.37. The Morgan fingerprint density at radius 3 is 2.36 bits per heavy atom. The predicted octanol–water partition coefficient (Wildman–Crippen LogP) is 2.49. The van der Waals surface area contributed by atoms with Gasteiger partial charge in [-0.1, -0.05) is 23.2 Å². The topological polar surface area (TPSA) is 35.5 Å². The van der Waals surface area contributed by atoms with Crippen LogP contribution in [0.25, 0.3) is 0 Å². The molecule has 75 valence electrons. The van der Waals surface area contributed by atoms with Crippen molar-refractivity contribution in [2.24, 2.45) is 0 Å². The zero-order valence-corrected chi connectivity index (χ0v) is 8.85. The molecule has 0 saturated heterocycles. The van der Waals surface area contributed by atoms with E-state index in [1.807, 2.05) is 0 Å². The lowest BCUT2D eigenvalue weighted by Gasteiger charge is -2.08. The Hall–Kier alpha value is -0.930. The number of rotatable bonds is 4. The van der Waals surface area contributed by atoms with E-state index in [9.17, 15) is 4.79 Å².